The van der Waals surface area contributed by atoms with E-state index in [1.165, 1.54) is 5.39 Å². The van der Waals surface area contributed by atoms with Crippen LogP contribution in [0.15, 0.2) is 174 Å². The summed E-state index contributed by atoms with van der Waals surface area (Å²) >= 11 is 0. The van der Waals surface area contributed by atoms with Crippen molar-refractivity contribution in [1.29, 1.82) is 0 Å². The van der Waals surface area contributed by atoms with Crippen molar-refractivity contribution >= 4 is 43.7 Å². The normalized spacial score (nSPS) is 11.6. The van der Waals surface area contributed by atoms with E-state index in [4.69, 9.17) is 19.4 Å². The second-order valence-corrected chi connectivity index (χ2v) is 12.5. The first-order valence-electron chi connectivity index (χ1n) is 16.7. The van der Waals surface area contributed by atoms with Gasteiger partial charge < -0.3 is 8.98 Å². The summed E-state index contributed by atoms with van der Waals surface area (Å²) in [6.07, 6.45) is 0. The summed E-state index contributed by atoms with van der Waals surface area (Å²) in [6, 6.07) is 58.7. The molecule has 0 saturated heterocycles. The number of rotatable bonds is 5. The fourth-order valence-corrected chi connectivity index (χ4v) is 7.04. The van der Waals surface area contributed by atoms with Crippen molar-refractivity contribution in [2.24, 2.45) is 0 Å². The Kier molecular flexibility index (Phi) is 6.42. The van der Waals surface area contributed by atoms with Gasteiger partial charge in [-0.05, 0) is 59.7 Å². The maximum absolute atomic E-state index is 6.12. The molecule has 0 aliphatic carbocycles. The van der Waals surface area contributed by atoms with E-state index in [0.29, 0.717) is 17.5 Å². The molecule has 3 heterocycles. The molecule has 0 unspecified atom stereocenters. The van der Waals surface area contributed by atoms with Crippen LogP contribution in [-0.4, -0.2) is 19.5 Å². The van der Waals surface area contributed by atoms with Crippen LogP contribution >= 0.6 is 0 Å². The van der Waals surface area contributed by atoms with Crippen molar-refractivity contribution in [2.75, 3.05) is 0 Å². The molecule has 0 fully saturated rings. The molecule has 0 aliphatic rings. The predicted molar refractivity (Wildman–Crippen MR) is 203 cm³/mol. The maximum Gasteiger partial charge on any atom is 0.164 e. The summed E-state index contributed by atoms with van der Waals surface area (Å²) in [5.41, 5.74) is 10.2. The Labute approximate surface area is 287 Å². The van der Waals surface area contributed by atoms with Gasteiger partial charge in [0.2, 0.25) is 0 Å². The molecule has 10 aromatic rings. The van der Waals surface area contributed by atoms with Gasteiger partial charge in [-0.15, -0.1) is 0 Å². The first-order valence-corrected chi connectivity index (χ1v) is 16.7. The Morgan fingerprint density at radius 2 is 0.880 bits per heavy atom. The fraction of sp³-hybridized carbons (Fsp3) is 0. The van der Waals surface area contributed by atoms with E-state index in [0.717, 1.165) is 71.9 Å². The number of fused-ring (bicyclic) bond motifs is 6. The molecule has 0 aliphatic heterocycles. The number of para-hydroxylation sites is 2. The van der Waals surface area contributed by atoms with Crippen LogP contribution < -0.4 is 0 Å². The summed E-state index contributed by atoms with van der Waals surface area (Å²) < 4.78 is 8.45. The average molecular weight is 641 g/mol. The minimum absolute atomic E-state index is 0.630. The van der Waals surface area contributed by atoms with E-state index >= 15 is 0 Å². The quantitative estimate of drug-likeness (QED) is 0.188. The van der Waals surface area contributed by atoms with Crippen molar-refractivity contribution in [1.82, 2.24) is 19.5 Å². The van der Waals surface area contributed by atoms with Gasteiger partial charge in [0, 0.05) is 43.9 Å². The van der Waals surface area contributed by atoms with Gasteiger partial charge in [0.25, 0.3) is 0 Å². The lowest BCUT2D eigenvalue weighted by Gasteiger charge is -2.10. The molecule has 234 valence electrons. The molecule has 0 atom stereocenters. The standard InChI is InChI=1S/C45H28N4O/c1-4-12-29(13-5-1)43-46-44(30-14-6-2-7-15-30)48-45(47-43)33-20-23-35-37-26-31(21-24-39(37)49(40(35)28-33)34-16-8-3-9-17-34)32-22-25-42-38(27-32)36-18-10-11-19-41(36)50-42/h1-28H. The number of furan rings is 1. The maximum atomic E-state index is 6.12. The van der Waals surface area contributed by atoms with Crippen molar-refractivity contribution < 1.29 is 4.42 Å². The summed E-state index contributed by atoms with van der Waals surface area (Å²) in [7, 11) is 0. The minimum Gasteiger partial charge on any atom is -0.456 e. The number of aromatic nitrogens is 4. The molecule has 50 heavy (non-hydrogen) atoms. The summed E-state index contributed by atoms with van der Waals surface area (Å²) in [4.78, 5) is 14.9. The van der Waals surface area contributed by atoms with Crippen molar-refractivity contribution in [3.63, 3.8) is 0 Å². The van der Waals surface area contributed by atoms with Crippen LogP contribution in [0.3, 0.4) is 0 Å². The van der Waals surface area contributed by atoms with E-state index in [1.54, 1.807) is 0 Å². The molecular weight excluding hydrogens is 613 g/mol. The van der Waals surface area contributed by atoms with Crippen molar-refractivity contribution in [2.45, 2.75) is 0 Å². The number of hydrogen-bond acceptors (Lipinski definition) is 4. The Bertz CT molecular complexity index is 2800. The monoisotopic (exact) mass is 640 g/mol. The van der Waals surface area contributed by atoms with Gasteiger partial charge in [0.05, 0.1) is 11.0 Å². The summed E-state index contributed by atoms with van der Waals surface area (Å²) in [5, 5.41) is 4.58. The van der Waals surface area contributed by atoms with E-state index in [9.17, 15) is 0 Å². The third-order valence-corrected chi connectivity index (χ3v) is 9.45. The third kappa shape index (κ3) is 4.67. The Morgan fingerprint density at radius 3 is 1.58 bits per heavy atom. The van der Waals surface area contributed by atoms with Gasteiger partial charge in [-0.3, -0.25) is 0 Å². The molecule has 0 radical (unpaired) electrons. The topological polar surface area (TPSA) is 56.7 Å². The van der Waals surface area contributed by atoms with Crippen LogP contribution in [0.25, 0.3) is 94.7 Å². The van der Waals surface area contributed by atoms with Crippen molar-refractivity contribution in [3.8, 4) is 51.0 Å². The van der Waals surface area contributed by atoms with E-state index < -0.39 is 0 Å². The average Bonchev–Trinajstić information content (AvgIpc) is 3.73. The fourth-order valence-electron chi connectivity index (χ4n) is 7.04. The molecular formula is C45H28N4O. The first-order chi connectivity index (χ1) is 24.8. The van der Waals surface area contributed by atoms with E-state index in [2.05, 4.69) is 102 Å². The lowest BCUT2D eigenvalue weighted by molar-refractivity contribution is 0.669. The lowest BCUT2D eigenvalue weighted by atomic mass is 10.0. The number of nitrogens with zero attached hydrogens (tertiary/aromatic N) is 4. The molecule has 0 spiro atoms. The smallest absolute Gasteiger partial charge is 0.164 e. The van der Waals surface area contributed by atoms with Gasteiger partial charge in [-0.25, -0.2) is 15.0 Å². The SMILES string of the molecule is c1ccc(-c2nc(-c3ccccc3)nc(-c3ccc4c5cc(-c6ccc7oc8ccccc8c7c6)ccc5n(-c5ccccc5)c4c3)n2)cc1. The van der Waals surface area contributed by atoms with Gasteiger partial charge in [-0.1, -0.05) is 121 Å². The first kappa shape index (κ1) is 28.2. The van der Waals surface area contributed by atoms with Crippen LogP contribution in [0.5, 0.6) is 0 Å². The molecule has 0 saturated carbocycles. The molecule has 5 nitrogen and oxygen atoms in total. The minimum atomic E-state index is 0.630. The second-order valence-electron chi connectivity index (χ2n) is 12.5. The zero-order valence-corrected chi connectivity index (χ0v) is 26.9. The predicted octanol–water partition coefficient (Wildman–Crippen LogP) is 11.5. The van der Waals surface area contributed by atoms with Gasteiger partial charge in [0.1, 0.15) is 11.2 Å². The molecule has 3 aromatic heterocycles. The van der Waals surface area contributed by atoms with Crippen LogP contribution in [0, 0.1) is 0 Å². The highest BCUT2D eigenvalue weighted by Gasteiger charge is 2.18. The van der Waals surface area contributed by atoms with Gasteiger partial charge in [-0.2, -0.15) is 0 Å². The van der Waals surface area contributed by atoms with Gasteiger partial charge in [0.15, 0.2) is 17.5 Å². The highest BCUT2D eigenvalue weighted by atomic mass is 16.3. The summed E-state index contributed by atoms with van der Waals surface area (Å²) in [5.74, 6) is 1.92. The highest BCUT2D eigenvalue weighted by Crippen LogP contribution is 2.38. The Morgan fingerprint density at radius 1 is 0.340 bits per heavy atom. The highest BCUT2D eigenvalue weighted by molar-refractivity contribution is 6.12. The molecule has 10 rings (SSSR count). The van der Waals surface area contributed by atoms with Crippen molar-refractivity contribution in [3.05, 3.63) is 170 Å². The largest absolute Gasteiger partial charge is 0.456 e. The van der Waals surface area contributed by atoms with E-state index in [1.807, 2.05) is 72.8 Å². The van der Waals surface area contributed by atoms with Crippen LogP contribution in [0.4, 0.5) is 0 Å². The molecule has 0 amide bonds. The Hall–Kier alpha value is -6.85. The molecule has 7 aromatic carbocycles. The zero-order chi connectivity index (χ0) is 33.0. The van der Waals surface area contributed by atoms with Crippen LogP contribution in [0.2, 0.25) is 0 Å². The van der Waals surface area contributed by atoms with Crippen LogP contribution in [0.1, 0.15) is 0 Å². The van der Waals surface area contributed by atoms with E-state index in [-0.39, 0.29) is 0 Å². The molecule has 0 N–H and O–H groups in total. The molecule has 5 heteroatoms. The third-order valence-electron chi connectivity index (χ3n) is 9.45. The molecule has 0 bridgehead atoms. The van der Waals surface area contributed by atoms with Crippen LogP contribution in [-0.2, 0) is 0 Å². The number of benzene rings is 7. The zero-order valence-electron chi connectivity index (χ0n) is 26.9. The lowest BCUT2D eigenvalue weighted by Crippen LogP contribution is -2.00. The number of hydrogen-bond donors (Lipinski definition) is 0. The van der Waals surface area contributed by atoms with Gasteiger partial charge >= 0.3 is 0 Å². The Balaban J connectivity index is 1.18. The second kappa shape index (κ2) is 11.4. The summed E-state index contributed by atoms with van der Waals surface area (Å²) in [6.45, 7) is 0.